The van der Waals surface area contributed by atoms with Gasteiger partial charge in [-0.1, -0.05) is 53.7 Å². The zero-order chi connectivity index (χ0) is 20.6. The van der Waals surface area contributed by atoms with Gasteiger partial charge in [0.2, 0.25) is 0 Å². The Morgan fingerprint density at radius 3 is 2.22 bits per heavy atom. The van der Waals surface area contributed by atoms with Crippen molar-refractivity contribution in [2.75, 3.05) is 13.2 Å². The number of ketones is 1. The molecular weight excluding hydrogens is 360 g/mol. The number of ether oxygens (including phenoxy) is 2. The maximum Gasteiger partial charge on any atom is 0.313 e. The molecule has 1 aliphatic rings. The van der Waals surface area contributed by atoms with Crippen molar-refractivity contribution in [3.05, 3.63) is 12.2 Å². The minimum atomic E-state index is -1.93. The minimum Gasteiger partial charge on any atom is -0.466 e. The van der Waals surface area contributed by atoms with Crippen LogP contribution in [0.1, 0.15) is 67.7 Å². The van der Waals surface area contributed by atoms with Crippen LogP contribution in [0.3, 0.4) is 0 Å². The van der Waals surface area contributed by atoms with Crippen molar-refractivity contribution in [3.8, 4) is 0 Å². The lowest BCUT2D eigenvalue weighted by molar-refractivity contribution is -0.146. The average molecular weight is 399 g/mol. The van der Waals surface area contributed by atoms with E-state index >= 15 is 0 Å². The summed E-state index contributed by atoms with van der Waals surface area (Å²) < 4.78 is 17.5. The number of Topliss-reactive ketones (excluding diaryl/α,β-unsaturated/α-hetero) is 1. The summed E-state index contributed by atoms with van der Waals surface area (Å²) in [5, 5.41) is 0. The fraction of sp³-hybridized carbons (Fsp3) is 0.810. The van der Waals surface area contributed by atoms with Gasteiger partial charge in [-0.3, -0.25) is 9.59 Å². The van der Waals surface area contributed by atoms with Crippen molar-refractivity contribution in [2.45, 2.75) is 96.6 Å². The fourth-order valence-electron chi connectivity index (χ4n) is 4.36. The molecule has 1 rings (SSSR count). The highest BCUT2D eigenvalue weighted by atomic mass is 28.4. The summed E-state index contributed by atoms with van der Waals surface area (Å²) in [7, 11) is -1.93. The lowest BCUT2D eigenvalue weighted by atomic mass is 10.1. The first-order chi connectivity index (χ1) is 12.6. The van der Waals surface area contributed by atoms with Crippen LogP contribution < -0.4 is 0 Å². The normalized spacial score (nSPS) is 20.5. The van der Waals surface area contributed by atoms with Crippen molar-refractivity contribution in [1.29, 1.82) is 0 Å². The monoisotopic (exact) mass is 398 g/mol. The zero-order valence-electron chi connectivity index (χ0n) is 18.1. The molecule has 1 aliphatic heterocycles. The van der Waals surface area contributed by atoms with E-state index < -0.39 is 14.3 Å². The lowest BCUT2D eigenvalue weighted by Crippen LogP contribution is -2.49. The summed E-state index contributed by atoms with van der Waals surface area (Å²) in [5.41, 5.74) is 1.58. The summed E-state index contributed by atoms with van der Waals surface area (Å²) >= 11 is 0. The summed E-state index contributed by atoms with van der Waals surface area (Å²) in [6.45, 7) is 16.2. The van der Waals surface area contributed by atoms with E-state index in [0.717, 1.165) is 6.42 Å². The van der Waals surface area contributed by atoms with Crippen LogP contribution in [0.4, 0.5) is 0 Å². The summed E-state index contributed by atoms with van der Waals surface area (Å²) in [6, 6.07) is 0. The SMILES string of the molecule is CCOC(=O)CC(=O)C[C@@H]1C=CC[C@@H](CO[Si](C(C)C)(C(C)C)C(C)C)O1. The topological polar surface area (TPSA) is 61.8 Å². The van der Waals surface area contributed by atoms with Crippen molar-refractivity contribution >= 4 is 20.1 Å². The smallest absolute Gasteiger partial charge is 0.313 e. The number of hydrogen-bond acceptors (Lipinski definition) is 5. The molecule has 0 saturated carbocycles. The first-order valence-corrected chi connectivity index (χ1v) is 12.4. The van der Waals surface area contributed by atoms with E-state index in [1.165, 1.54) is 0 Å². The molecule has 2 atom stereocenters. The third-order valence-electron chi connectivity index (χ3n) is 5.42. The standard InChI is InChI=1S/C21H38O5Si/c1-8-24-21(23)13-18(22)12-19-10-9-11-20(26-19)14-25-27(15(2)3,16(4)5)17(6)7/h9-10,15-17,19-20H,8,11-14H2,1-7H3/t19-,20-/m0/s1. The largest absolute Gasteiger partial charge is 0.466 e. The second-order valence-electron chi connectivity index (χ2n) is 8.31. The van der Waals surface area contributed by atoms with Gasteiger partial charge in [0.1, 0.15) is 12.2 Å². The quantitative estimate of drug-likeness (QED) is 0.216. The molecule has 6 heteroatoms. The first-order valence-electron chi connectivity index (χ1n) is 10.3. The van der Waals surface area contributed by atoms with Crippen LogP contribution in [-0.2, 0) is 23.5 Å². The molecule has 0 aliphatic carbocycles. The van der Waals surface area contributed by atoms with Gasteiger partial charge in [-0.2, -0.15) is 0 Å². The Balaban J connectivity index is 2.62. The van der Waals surface area contributed by atoms with Crippen LogP contribution in [0.5, 0.6) is 0 Å². The Bertz CT molecular complexity index is 491. The molecule has 0 unspecified atom stereocenters. The van der Waals surface area contributed by atoms with Gasteiger partial charge in [0.15, 0.2) is 8.32 Å². The summed E-state index contributed by atoms with van der Waals surface area (Å²) in [4.78, 5) is 23.5. The molecule has 27 heavy (non-hydrogen) atoms. The Morgan fingerprint density at radius 1 is 1.11 bits per heavy atom. The molecular formula is C21H38O5Si. The third-order valence-corrected chi connectivity index (χ3v) is 11.5. The van der Waals surface area contributed by atoms with Crippen LogP contribution in [0.25, 0.3) is 0 Å². The highest BCUT2D eigenvalue weighted by molar-refractivity contribution is 6.77. The van der Waals surface area contributed by atoms with Crippen molar-refractivity contribution < 1.29 is 23.5 Å². The lowest BCUT2D eigenvalue weighted by Gasteiger charge is -2.43. The fourth-order valence-corrected chi connectivity index (χ4v) is 9.84. The Morgan fingerprint density at radius 2 is 1.70 bits per heavy atom. The summed E-state index contributed by atoms with van der Waals surface area (Å²) in [5.74, 6) is -0.622. The van der Waals surface area contributed by atoms with E-state index in [0.29, 0.717) is 29.8 Å². The van der Waals surface area contributed by atoms with Crippen LogP contribution in [0, 0.1) is 0 Å². The molecule has 0 saturated heterocycles. The Kier molecular flexibility index (Phi) is 9.91. The Labute approximate surface area is 166 Å². The van der Waals surface area contributed by atoms with Crippen LogP contribution in [-0.4, -0.2) is 45.5 Å². The van der Waals surface area contributed by atoms with Crippen LogP contribution in [0.15, 0.2) is 12.2 Å². The molecule has 0 bridgehead atoms. The molecule has 156 valence electrons. The second-order valence-corrected chi connectivity index (χ2v) is 13.8. The van der Waals surface area contributed by atoms with Gasteiger partial charge in [-0.25, -0.2) is 0 Å². The van der Waals surface area contributed by atoms with E-state index in [9.17, 15) is 9.59 Å². The number of carbonyl (C=O) groups excluding carboxylic acids is 2. The van der Waals surface area contributed by atoms with Gasteiger partial charge in [-0.05, 0) is 30.0 Å². The van der Waals surface area contributed by atoms with E-state index in [1.807, 2.05) is 6.08 Å². The maximum atomic E-state index is 12.0. The van der Waals surface area contributed by atoms with Crippen LogP contribution >= 0.6 is 0 Å². The molecule has 0 aromatic heterocycles. The molecule has 0 N–H and O–H groups in total. The predicted molar refractivity (Wildman–Crippen MR) is 110 cm³/mol. The van der Waals surface area contributed by atoms with Crippen molar-refractivity contribution in [3.63, 3.8) is 0 Å². The molecule has 0 fully saturated rings. The van der Waals surface area contributed by atoms with Gasteiger partial charge in [0.25, 0.3) is 0 Å². The van der Waals surface area contributed by atoms with Gasteiger partial charge < -0.3 is 13.9 Å². The average Bonchev–Trinajstić information content (AvgIpc) is 2.54. The minimum absolute atomic E-state index is 0.0430. The molecule has 0 amide bonds. The van der Waals surface area contributed by atoms with Gasteiger partial charge in [0, 0.05) is 6.42 Å². The predicted octanol–water partition coefficient (Wildman–Crippen LogP) is 4.80. The van der Waals surface area contributed by atoms with Crippen molar-refractivity contribution in [1.82, 2.24) is 0 Å². The number of rotatable bonds is 11. The van der Waals surface area contributed by atoms with Gasteiger partial charge in [-0.15, -0.1) is 0 Å². The molecule has 0 aromatic carbocycles. The van der Waals surface area contributed by atoms with E-state index in [1.54, 1.807) is 6.92 Å². The van der Waals surface area contributed by atoms with E-state index in [2.05, 4.69) is 47.6 Å². The second kappa shape index (κ2) is 11.1. The van der Waals surface area contributed by atoms with Crippen LogP contribution in [0.2, 0.25) is 16.6 Å². The molecule has 1 heterocycles. The molecule has 0 spiro atoms. The Hall–Kier alpha value is -0.983. The molecule has 0 aromatic rings. The zero-order valence-corrected chi connectivity index (χ0v) is 19.1. The molecule has 0 radical (unpaired) electrons. The third kappa shape index (κ3) is 6.84. The van der Waals surface area contributed by atoms with E-state index in [-0.39, 0.29) is 30.8 Å². The van der Waals surface area contributed by atoms with Gasteiger partial charge >= 0.3 is 5.97 Å². The first kappa shape index (κ1) is 24.1. The highest BCUT2D eigenvalue weighted by Crippen LogP contribution is 2.42. The van der Waals surface area contributed by atoms with Crippen molar-refractivity contribution in [2.24, 2.45) is 0 Å². The summed E-state index contributed by atoms with van der Waals surface area (Å²) in [6.07, 6.45) is 4.45. The number of hydrogen-bond donors (Lipinski definition) is 0. The highest BCUT2D eigenvalue weighted by Gasteiger charge is 2.45. The number of carbonyl (C=O) groups is 2. The number of esters is 1. The maximum absolute atomic E-state index is 12.0. The van der Waals surface area contributed by atoms with Gasteiger partial charge in [0.05, 0.1) is 25.4 Å². The molecule has 5 nitrogen and oxygen atoms in total. The van der Waals surface area contributed by atoms with E-state index in [4.69, 9.17) is 13.9 Å².